The Morgan fingerprint density at radius 1 is 1.29 bits per heavy atom. The van der Waals surface area contributed by atoms with Crippen molar-refractivity contribution in [2.45, 2.75) is 70.9 Å². The molecule has 152 valence electrons. The van der Waals surface area contributed by atoms with E-state index in [9.17, 15) is 4.79 Å². The number of hydrogen-bond acceptors (Lipinski definition) is 4. The summed E-state index contributed by atoms with van der Waals surface area (Å²) in [6.07, 6.45) is 8.86. The van der Waals surface area contributed by atoms with Crippen molar-refractivity contribution in [2.24, 2.45) is 0 Å². The molecule has 28 heavy (non-hydrogen) atoms. The van der Waals surface area contributed by atoms with Crippen molar-refractivity contribution in [3.8, 4) is 0 Å². The van der Waals surface area contributed by atoms with Crippen LogP contribution in [0, 0.1) is 0 Å². The van der Waals surface area contributed by atoms with Gasteiger partial charge in [0.15, 0.2) is 5.69 Å². The SMILES string of the molecule is CCn1nc(C(=O)N2CCCCCC2)c2c1CC[C@H](NCCc1cccs1)C2. The molecule has 6 heteroatoms. The molecule has 3 heterocycles. The third-order valence-electron chi connectivity index (χ3n) is 6.13. The van der Waals surface area contributed by atoms with Gasteiger partial charge in [-0.25, -0.2) is 0 Å². The number of aryl methyl sites for hydroxylation is 1. The lowest BCUT2D eigenvalue weighted by molar-refractivity contribution is 0.0753. The predicted octanol–water partition coefficient (Wildman–Crippen LogP) is 3.67. The molecule has 1 aliphatic heterocycles. The summed E-state index contributed by atoms with van der Waals surface area (Å²) in [6.45, 7) is 5.73. The van der Waals surface area contributed by atoms with E-state index in [2.05, 4.69) is 34.4 Å². The molecular weight excluding hydrogens is 368 g/mol. The summed E-state index contributed by atoms with van der Waals surface area (Å²) < 4.78 is 2.07. The van der Waals surface area contributed by atoms with E-state index in [1.165, 1.54) is 29.0 Å². The molecule has 1 saturated heterocycles. The Kier molecular flexibility index (Phi) is 6.47. The van der Waals surface area contributed by atoms with Gasteiger partial charge in [0.1, 0.15) is 0 Å². The van der Waals surface area contributed by atoms with Crippen molar-refractivity contribution in [1.82, 2.24) is 20.0 Å². The van der Waals surface area contributed by atoms with E-state index in [-0.39, 0.29) is 5.91 Å². The van der Waals surface area contributed by atoms with Crippen LogP contribution >= 0.6 is 11.3 Å². The summed E-state index contributed by atoms with van der Waals surface area (Å²) in [4.78, 5) is 16.7. The van der Waals surface area contributed by atoms with Gasteiger partial charge in [0.2, 0.25) is 0 Å². The Morgan fingerprint density at radius 3 is 2.82 bits per heavy atom. The van der Waals surface area contributed by atoms with Crippen LogP contribution in [0.4, 0.5) is 0 Å². The molecule has 5 nitrogen and oxygen atoms in total. The maximum absolute atomic E-state index is 13.3. The van der Waals surface area contributed by atoms with Gasteiger partial charge in [-0.2, -0.15) is 5.10 Å². The molecule has 0 aromatic carbocycles. The van der Waals surface area contributed by atoms with E-state index >= 15 is 0 Å². The molecule has 1 atom stereocenters. The van der Waals surface area contributed by atoms with Crippen LogP contribution in [-0.4, -0.2) is 46.3 Å². The Labute approximate surface area is 172 Å². The first-order valence-corrected chi connectivity index (χ1v) is 11.8. The molecule has 0 saturated carbocycles. The van der Waals surface area contributed by atoms with Crippen molar-refractivity contribution >= 4 is 17.2 Å². The lowest BCUT2D eigenvalue weighted by atomic mass is 9.91. The second-order valence-electron chi connectivity index (χ2n) is 8.02. The van der Waals surface area contributed by atoms with Gasteiger partial charge in [0, 0.05) is 48.4 Å². The summed E-state index contributed by atoms with van der Waals surface area (Å²) in [5.41, 5.74) is 3.22. The maximum atomic E-state index is 13.3. The highest BCUT2D eigenvalue weighted by atomic mass is 32.1. The zero-order valence-electron chi connectivity index (χ0n) is 17.0. The van der Waals surface area contributed by atoms with Crippen LogP contribution in [0.2, 0.25) is 0 Å². The van der Waals surface area contributed by atoms with Gasteiger partial charge >= 0.3 is 0 Å². The molecule has 2 aliphatic rings. The molecule has 2 aromatic rings. The average molecular weight is 401 g/mol. The smallest absolute Gasteiger partial charge is 0.274 e. The molecule has 0 unspecified atom stereocenters. The summed E-state index contributed by atoms with van der Waals surface area (Å²) in [6, 6.07) is 4.76. The largest absolute Gasteiger partial charge is 0.337 e. The van der Waals surface area contributed by atoms with E-state index in [0.29, 0.717) is 6.04 Å². The zero-order chi connectivity index (χ0) is 19.3. The summed E-state index contributed by atoms with van der Waals surface area (Å²) in [7, 11) is 0. The number of nitrogens with one attached hydrogen (secondary N) is 1. The van der Waals surface area contributed by atoms with Gasteiger partial charge in [-0.15, -0.1) is 11.3 Å². The second kappa shape index (κ2) is 9.23. The molecule has 1 N–H and O–H groups in total. The number of hydrogen-bond donors (Lipinski definition) is 1. The number of likely N-dealkylation sites (tertiary alicyclic amines) is 1. The summed E-state index contributed by atoms with van der Waals surface area (Å²) >= 11 is 1.82. The van der Waals surface area contributed by atoms with E-state index in [4.69, 9.17) is 5.10 Å². The number of rotatable bonds is 6. The Bertz CT molecular complexity index is 775. The minimum Gasteiger partial charge on any atom is -0.337 e. The number of carbonyl (C=O) groups is 1. The zero-order valence-corrected chi connectivity index (χ0v) is 17.8. The van der Waals surface area contributed by atoms with Gasteiger partial charge in [-0.05, 0) is 56.9 Å². The van der Waals surface area contributed by atoms with E-state index in [0.717, 1.165) is 70.4 Å². The Morgan fingerprint density at radius 2 is 2.11 bits per heavy atom. The Hall–Kier alpha value is -1.66. The molecular formula is C22H32N4OS. The van der Waals surface area contributed by atoms with Crippen molar-refractivity contribution in [3.05, 3.63) is 39.3 Å². The number of carbonyl (C=O) groups excluding carboxylic acids is 1. The second-order valence-corrected chi connectivity index (χ2v) is 9.05. The fourth-order valence-electron chi connectivity index (χ4n) is 4.57. The topological polar surface area (TPSA) is 50.2 Å². The molecule has 1 amide bonds. The molecule has 0 spiro atoms. The highest BCUT2D eigenvalue weighted by Crippen LogP contribution is 2.27. The fourth-order valence-corrected chi connectivity index (χ4v) is 5.28. The Balaban J connectivity index is 1.46. The first kappa shape index (κ1) is 19.6. The molecule has 0 radical (unpaired) electrons. The van der Waals surface area contributed by atoms with Crippen LogP contribution in [0.25, 0.3) is 0 Å². The van der Waals surface area contributed by atoms with Gasteiger partial charge < -0.3 is 10.2 Å². The number of fused-ring (bicyclic) bond motifs is 1. The quantitative estimate of drug-likeness (QED) is 0.805. The molecule has 1 aliphatic carbocycles. The van der Waals surface area contributed by atoms with Gasteiger partial charge in [-0.3, -0.25) is 9.48 Å². The van der Waals surface area contributed by atoms with Crippen LogP contribution in [0.3, 0.4) is 0 Å². The third-order valence-corrected chi connectivity index (χ3v) is 7.06. The van der Waals surface area contributed by atoms with Gasteiger partial charge in [0.05, 0.1) is 0 Å². The molecule has 0 bridgehead atoms. The number of thiophene rings is 1. The normalized spacial score (nSPS) is 20.0. The van der Waals surface area contributed by atoms with Crippen LogP contribution in [0.15, 0.2) is 17.5 Å². The first-order chi connectivity index (χ1) is 13.8. The highest BCUT2D eigenvalue weighted by Gasteiger charge is 2.30. The lowest BCUT2D eigenvalue weighted by Crippen LogP contribution is -2.37. The van der Waals surface area contributed by atoms with Crippen molar-refractivity contribution in [2.75, 3.05) is 19.6 Å². The molecule has 2 aromatic heterocycles. The highest BCUT2D eigenvalue weighted by molar-refractivity contribution is 7.09. The van der Waals surface area contributed by atoms with Crippen LogP contribution in [0.1, 0.15) is 65.7 Å². The number of aromatic nitrogens is 2. The monoisotopic (exact) mass is 400 g/mol. The van der Waals surface area contributed by atoms with Crippen molar-refractivity contribution < 1.29 is 4.79 Å². The maximum Gasteiger partial charge on any atom is 0.274 e. The van der Waals surface area contributed by atoms with Crippen LogP contribution in [-0.2, 0) is 25.8 Å². The van der Waals surface area contributed by atoms with E-state index < -0.39 is 0 Å². The van der Waals surface area contributed by atoms with Gasteiger partial charge in [0.25, 0.3) is 5.91 Å². The standard InChI is InChI=1S/C22H32N4OS/c1-2-26-20-10-9-17(23-12-11-18-8-7-15-28-18)16-19(20)21(24-26)22(27)25-13-5-3-4-6-14-25/h7-8,15,17,23H,2-6,9-14,16H2,1H3/t17-/m0/s1. The predicted molar refractivity (Wildman–Crippen MR) is 114 cm³/mol. The van der Waals surface area contributed by atoms with Crippen LogP contribution < -0.4 is 5.32 Å². The minimum atomic E-state index is 0.157. The minimum absolute atomic E-state index is 0.157. The number of amides is 1. The van der Waals surface area contributed by atoms with Crippen LogP contribution in [0.5, 0.6) is 0 Å². The van der Waals surface area contributed by atoms with E-state index in [1.807, 2.05) is 16.2 Å². The van der Waals surface area contributed by atoms with Crippen molar-refractivity contribution in [1.29, 1.82) is 0 Å². The summed E-state index contributed by atoms with van der Waals surface area (Å²) in [5.74, 6) is 0.157. The summed E-state index contributed by atoms with van der Waals surface area (Å²) in [5, 5.41) is 10.6. The third kappa shape index (κ3) is 4.33. The number of nitrogens with zero attached hydrogens (tertiary/aromatic N) is 3. The molecule has 1 fully saturated rings. The van der Waals surface area contributed by atoms with Gasteiger partial charge in [-0.1, -0.05) is 18.9 Å². The van der Waals surface area contributed by atoms with Crippen molar-refractivity contribution in [3.63, 3.8) is 0 Å². The van der Waals surface area contributed by atoms with E-state index in [1.54, 1.807) is 0 Å². The molecule has 4 rings (SSSR count). The fraction of sp³-hybridized carbons (Fsp3) is 0.636. The average Bonchev–Trinajstić information content (AvgIpc) is 3.27. The first-order valence-electron chi connectivity index (χ1n) is 10.9. The lowest BCUT2D eigenvalue weighted by Gasteiger charge is -2.25.